The van der Waals surface area contributed by atoms with Gasteiger partial charge in [-0.3, -0.25) is 9.67 Å². The Bertz CT molecular complexity index is 516. The molecule has 1 unspecified atom stereocenters. The van der Waals surface area contributed by atoms with Gasteiger partial charge in [-0.25, -0.2) is 0 Å². The predicted octanol–water partition coefficient (Wildman–Crippen LogP) is 2.58. The number of halogens is 1. The third kappa shape index (κ3) is 2.47. The summed E-state index contributed by atoms with van der Waals surface area (Å²) in [5.74, 6) is 0. The molecule has 18 heavy (non-hydrogen) atoms. The van der Waals surface area contributed by atoms with Crippen molar-refractivity contribution in [2.24, 2.45) is 7.05 Å². The van der Waals surface area contributed by atoms with Crippen LogP contribution in [-0.4, -0.2) is 21.3 Å². The zero-order valence-corrected chi connectivity index (χ0v) is 12.4. The molecule has 0 aliphatic heterocycles. The molecule has 0 aliphatic rings. The van der Waals surface area contributed by atoms with Gasteiger partial charge in [0.05, 0.1) is 22.4 Å². The second-order valence-electron chi connectivity index (χ2n) is 4.17. The van der Waals surface area contributed by atoms with E-state index < -0.39 is 0 Å². The summed E-state index contributed by atoms with van der Waals surface area (Å²) in [6, 6.07) is 4.18. The van der Waals surface area contributed by atoms with Gasteiger partial charge in [-0.05, 0) is 41.0 Å². The van der Waals surface area contributed by atoms with E-state index >= 15 is 0 Å². The lowest BCUT2D eigenvalue weighted by Crippen LogP contribution is -2.25. The Morgan fingerprint density at radius 3 is 2.83 bits per heavy atom. The molecule has 1 N–H and O–H groups in total. The van der Waals surface area contributed by atoms with E-state index in [1.54, 1.807) is 0 Å². The van der Waals surface area contributed by atoms with Gasteiger partial charge in [0.15, 0.2) is 0 Å². The molecule has 0 fully saturated rings. The highest BCUT2D eigenvalue weighted by Crippen LogP contribution is 2.29. The summed E-state index contributed by atoms with van der Waals surface area (Å²) in [6.45, 7) is 5.02. The third-order valence-electron chi connectivity index (χ3n) is 2.98. The van der Waals surface area contributed by atoms with E-state index in [2.05, 4.69) is 44.3 Å². The largest absolute Gasteiger partial charge is 0.305 e. The topological polar surface area (TPSA) is 42.7 Å². The molecule has 0 aromatic carbocycles. The fraction of sp³-hybridized carbons (Fsp3) is 0.385. The summed E-state index contributed by atoms with van der Waals surface area (Å²) in [5.41, 5.74) is 3.34. The number of aromatic nitrogens is 3. The molecule has 2 rings (SSSR count). The van der Waals surface area contributed by atoms with Crippen molar-refractivity contribution in [2.75, 3.05) is 6.54 Å². The van der Waals surface area contributed by atoms with Crippen molar-refractivity contribution in [3.05, 3.63) is 46.0 Å². The van der Waals surface area contributed by atoms with Crippen LogP contribution >= 0.6 is 15.9 Å². The quantitative estimate of drug-likeness (QED) is 0.944. The molecule has 0 saturated carbocycles. The zero-order chi connectivity index (χ0) is 13.1. The Balaban J connectivity index is 2.50. The number of nitrogens with zero attached hydrogens (tertiary/aromatic N) is 3. The molecule has 2 heterocycles. The molecule has 5 heteroatoms. The van der Waals surface area contributed by atoms with Gasteiger partial charge in [-0.15, -0.1) is 0 Å². The molecule has 2 aromatic heterocycles. The van der Waals surface area contributed by atoms with Gasteiger partial charge in [0, 0.05) is 18.9 Å². The highest BCUT2D eigenvalue weighted by molar-refractivity contribution is 9.10. The number of pyridine rings is 1. The average Bonchev–Trinajstić information content (AvgIpc) is 2.68. The third-order valence-corrected chi connectivity index (χ3v) is 3.59. The van der Waals surface area contributed by atoms with Crippen LogP contribution in [0.25, 0.3) is 0 Å². The van der Waals surface area contributed by atoms with Gasteiger partial charge >= 0.3 is 0 Å². The van der Waals surface area contributed by atoms with Gasteiger partial charge in [0.1, 0.15) is 0 Å². The summed E-state index contributed by atoms with van der Waals surface area (Å²) in [6.07, 6.45) is 3.64. The predicted molar refractivity (Wildman–Crippen MR) is 75.4 cm³/mol. The van der Waals surface area contributed by atoms with Crippen molar-refractivity contribution in [3.63, 3.8) is 0 Å². The first-order valence-corrected chi connectivity index (χ1v) is 6.76. The Morgan fingerprint density at radius 1 is 1.50 bits per heavy atom. The molecule has 0 bridgehead atoms. The minimum atomic E-state index is 0.102. The fourth-order valence-corrected chi connectivity index (χ4v) is 2.68. The summed E-state index contributed by atoms with van der Waals surface area (Å²) < 4.78 is 2.91. The van der Waals surface area contributed by atoms with Crippen LogP contribution in [0.5, 0.6) is 0 Å². The summed E-state index contributed by atoms with van der Waals surface area (Å²) in [7, 11) is 1.95. The lowest BCUT2D eigenvalue weighted by molar-refractivity contribution is 0.567. The van der Waals surface area contributed by atoms with Crippen molar-refractivity contribution >= 4 is 15.9 Å². The van der Waals surface area contributed by atoms with Crippen molar-refractivity contribution < 1.29 is 0 Å². The fourth-order valence-electron chi connectivity index (χ4n) is 2.10. The van der Waals surface area contributed by atoms with E-state index in [-0.39, 0.29) is 6.04 Å². The molecule has 0 amide bonds. The van der Waals surface area contributed by atoms with Crippen LogP contribution in [-0.2, 0) is 7.05 Å². The first-order valence-electron chi connectivity index (χ1n) is 5.97. The van der Waals surface area contributed by atoms with Crippen LogP contribution in [0.4, 0.5) is 0 Å². The first kappa shape index (κ1) is 13.2. The molecule has 0 saturated heterocycles. The Hall–Kier alpha value is -1.20. The lowest BCUT2D eigenvalue weighted by atomic mass is 10.0. The maximum atomic E-state index is 4.37. The number of hydrogen-bond donors (Lipinski definition) is 1. The highest BCUT2D eigenvalue weighted by Gasteiger charge is 2.21. The minimum absolute atomic E-state index is 0.102. The van der Waals surface area contributed by atoms with Crippen LogP contribution < -0.4 is 5.32 Å². The van der Waals surface area contributed by atoms with Crippen molar-refractivity contribution in [1.82, 2.24) is 20.1 Å². The molecule has 0 spiro atoms. The highest BCUT2D eigenvalue weighted by atomic mass is 79.9. The summed E-state index contributed by atoms with van der Waals surface area (Å²) in [5, 5.41) is 7.78. The molecule has 4 nitrogen and oxygen atoms in total. The van der Waals surface area contributed by atoms with Gasteiger partial charge in [-0.1, -0.05) is 13.0 Å². The molecule has 1 atom stereocenters. The van der Waals surface area contributed by atoms with Gasteiger partial charge in [0.2, 0.25) is 0 Å². The molecule has 2 aromatic rings. The summed E-state index contributed by atoms with van der Waals surface area (Å²) in [4.78, 5) is 4.37. The normalized spacial score (nSPS) is 12.7. The van der Waals surface area contributed by atoms with Gasteiger partial charge < -0.3 is 5.32 Å². The molecular weight excluding hydrogens is 292 g/mol. The Labute approximate surface area is 116 Å². The van der Waals surface area contributed by atoms with E-state index in [1.165, 1.54) is 5.56 Å². The molecular formula is C13H17BrN4. The molecule has 0 radical (unpaired) electrons. The maximum Gasteiger partial charge on any atom is 0.0777 e. The van der Waals surface area contributed by atoms with Crippen molar-refractivity contribution in [1.29, 1.82) is 0 Å². The first-order chi connectivity index (χ1) is 8.65. The van der Waals surface area contributed by atoms with Crippen LogP contribution in [0.1, 0.15) is 29.9 Å². The second-order valence-corrected chi connectivity index (χ2v) is 5.02. The zero-order valence-electron chi connectivity index (χ0n) is 10.8. The maximum absolute atomic E-state index is 4.37. The van der Waals surface area contributed by atoms with Crippen LogP contribution in [0.15, 0.2) is 29.0 Å². The van der Waals surface area contributed by atoms with Gasteiger partial charge in [0.25, 0.3) is 0 Å². The monoisotopic (exact) mass is 308 g/mol. The average molecular weight is 309 g/mol. The SMILES string of the molecule is CCNC(c1cccnc1C)c1c(Br)cnn1C. The van der Waals surface area contributed by atoms with Crippen molar-refractivity contribution in [3.8, 4) is 0 Å². The van der Waals surface area contributed by atoms with Gasteiger partial charge in [-0.2, -0.15) is 5.10 Å². The van der Waals surface area contributed by atoms with E-state index in [0.29, 0.717) is 0 Å². The standard InChI is InChI=1S/C13H17BrN4/c1-4-15-12(10-6-5-7-16-9(10)2)13-11(14)8-17-18(13)3/h5-8,12,15H,4H2,1-3H3. The number of aryl methyl sites for hydroxylation is 2. The smallest absolute Gasteiger partial charge is 0.0777 e. The Morgan fingerprint density at radius 2 is 2.28 bits per heavy atom. The number of hydrogen-bond acceptors (Lipinski definition) is 3. The van der Waals surface area contributed by atoms with Crippen molar-refractivity contribution in [2.45, 2.75) is 19.9 Å². The van der Waals surface area contributed by atoms with Crippen LogP contribution in [0.2, 0.25) is 0 Å². The van der Waals surface area contributed by atoms with E-state index in [0.717, 1.165) is 22.4 Å². The Kier molecular flexibility index (Phi) is 4.14. The van der Waals surface area contributed by atoms with E-state index in [9.17, 15) is 0 Å². The lowest BCUT2D eigenvalue weighted by Gasteiger charge is -2.20. The van der Waals surface area contributed by atoms with Crippen LogP contribution in [0, 0.1) is 6.92 Å². The van der Waals surface area contributed by atoms with Crippen LogP contribution in [0.3, 0.4) is 0 Å². The van der Waals surface area contributed by atoms with E-state index in [1.807, 2.05) is 37.1 Å². The van der Waals surface area contributed by atoms with E-state index in [4.69, 9.17) is 0 Å². The molecule has 96 valence electrons. The number of nitrogens with one attached hydrogen (secondary N) is 1. The molecule has 0 aliphatic carbocycles. The summed E-state index contributed by atoms with van der Waals surface area (Å²) >= 11 is 3.57. The number of rotatable bonds is 4. The second kappa shape index (κ2) is 5.63. The minimum Gasteiger partial charge on any atom is -0.305 e.